The van der Waals surface area contributed by atoms with Crippen molar-refractivity contribution in [3.05, 3.63) is 64.8 Å². The van der Waals surface area contributed by atoms with Crippen LogP contribution < -0.4 is 9.64 Å². The Morgan fingerprint density at radius 3 is 2.61 bits per heavy atom. The molecule has 0 radical (unpaired) electrons. The van der Waals surface area contributed by atoms with Crippen molar-refractivity contribution in [2.45, 2.75) is 19.4 Å². The van der Waals surface area contributed by atoms with Gasteiger partial charge in [-0.2, -0.15) is 0 Å². The van der Waals surface area contributed by atoms with Gasteiger partial charge in [-0.05, 0) is 42.8 Å². The van der Waals surface area contributed by atoms with E-state index < -0.39 is 17.9 Å². The van der Waals surface area contributed by atoms with E-state index in [0.29, 0.717) is 32.6 Å². The SMILES string of the molecule is CCC(Oc1ccccc1/C=C1/SC(=S)N(c2ccc(F)cc2)C1=O)C(=O)O. The molecule has 144 valence electrons. The molecule has 8 heteroatoms. The normalized spacial score (nSPS) is 16.5. The van der Waals surface area contributed by atoms with Gasteiger partial charge in [0.15, 0.2) is 10.4 Å². The van der Waals surface area contributed by atoms with Crippen LogP contribution in [0.3, 0.4) is 0 Å². The Kier molecular flexibility index (Phi) is 6.11. The molecule has 5 nitrogen and oxygen atoms in total. The lowest BCUT2D eigenvalue weighted by Gasteiger charge is -2.15. The molecule has 3 rings (SSSR count). The number of ether oxygens (including phenoxy) is 1. The van der Waals surface area contributed by atoms with Crippen molar-refractivity contribution in [1.82, 2.24) is 0 Å². The summed E-state index contributed by atoms with van der Waals surface area (Å²) in [7, 11) is 0. The molecule has 1 N–H and O–H groups in total. The van der Waals surface area contributed by atoms with Crippen LogP contribution in [-0.2, 0) is 9.59 Å². The Hall–Kier alpha value is -2.71. The van der Waals surface area contributed by atoms with Crippen LogP contribution in [0.4, 0.5) is 10.1 Å². The van der Waals surface area contributed by atoms with E-state index in [4.69, 9.17) is 17.0 Å². The molecule has 0 spiro atoms. The average molecular weight is 417 g/mol. The maximum absolute atomic E-state index is 13.2. The molecule has 1 atom stereocenters. The van der Waals surface area contributed by atoms with Crippen molar-refractivity contribution in [2.24, 2.45) is 0 Å². The van der Waals surface area contributed by atoms with E-state index in [1.54, 1.807) is 37.3 Å². The summed E-state index contributed by atoms with van der Waals surface area (Å²) in [6.07, 6.45) is 0.937. The summed E-state index contributed by atoms with van der Waals surface area (Å²) in [5.74, 6) is -1.43. The number of hydrogen-bond donors (Lipinski definition) is 1. The number of amides is 1. The first-order valence-electron chi connectivity index (χ1n) is 8.42. The highest BCUT2D eigenvalue weighted by Crippen LogP contribution is 2.37. The Bertz CT molecular complexity index is 959. The number of nitrogens with zero attached hydrogens (tertiary/aromatic N) is 1. The summed E-state index contributed by atoms with van der Waals surface area (Å²) in [5, 5.41) is 9.22. The van der Waals surface area contributed by atoms with Crippen LogP contribution in [-0.4, -0.2) is 27.4 Å². The lowest BCUT2D eigenvalue weighted by molar-refractivity contribution is -0.145. The first-order chi connectivity index (χ1) is 13.4. The summed E-state index contributed by atoms with van der Waals surface area (Å²) >= 11 is 6.42. The number of carbonyl (C=O) groups is 2. The number of benzene rings is 2. The number of thioether (sulfide) groups is 1. The molecule has 2 aromatic rings. The van der Waals surface area contributed by atoms with Gasteiger partial charge in [0.1, 0.15) is 11.6 Å². The predicted molar refractivity (Wildman–Crippen MR) is 111 cm³/mol. The van der Waals surface area contributed by atoms with Gasteiger partial charge >= 0.3 is 5.97 Å². The van der Waals surface area contributed by atoms with Gasteiger partial charge in [-0.15, -0.1) is 0 Å². The number of rotatable bonds is 6. The quantitative estimate of drug-likeness (QED) is 0.552. The van der Waals surface area contributed by atoms with E-state index in [9.17, 15) is 19.1 Å². The van der Waals surface area contributed by atoms with Crippen molar-refractivity contribution in [1.29, 1.82) is 0 Å². The predicted octanol–water partition coefficient (Wildman–Crippen LogP) is 4.47. The fourth-order valence-corrected chi connectivity index (χ4v) is 3.88. The molecule has 0 saturated carbocycles. The standard InChI is InChI=1S/C20H16FNO4S2/c1-2-15(19(24)25)26-16-6-4-3-5-12(16)11-17-18(23)22(20(27)28-17)14-9-7-13(21)8-10-14/h3-11,15H,2H2,1H3,(H,24,25)/b17-11+. The van der Waals surface area contributed by atoms with E-state index in [0.717, 1.165) is 11.8 Å². The molecule has 28 heavy (non-hydrogen) atoms. The summed E-state index contributed by atoms with van der Waals surface area (Å²) in [5.41, 5.74) is 1.05. The summed E-state index contributed by atoms with van der Waals surface area (Å²) < 4.78 is 19.1. The van der Waals surface area contributed by atoms with Gasteiger partial charge in [0, 0.05) is 5.56 Å². The third-order valence-electron chi connectivity index (χ3n) is 4.00. The monoisotopic (exact) mass is 417 g/mol. The zero-order valence-corrected chi connectivity index (χ0v) is 16.4. The Morgan fingerprint density at radius 2 is 1.96 bits per heavy atom. The molecule has 0 aliphatic carbocycles. The number of carboxylic acids is 1. The van der Waals surface area contributed by atoms with E-state index in [1.165, 1.54) is 29.2 Å². The molecule has 1 amide bonds. The van der Waals surface area contributed by atoms with Crippen molar-refractivity contribution >= 4 is 51.9 Å². The molecule has 1 saturated heterocycles. The largest absolute Gasteiger partial charge is 0.479 e. The molecule has 1 heterocycles. The second-order valence-corrected chi connectivity index (χ2v) is 7.56. The molecule has 1 fully saturated rings. The maximum Gasteiger partial charge on any atom is 0.344 e. The van der Waals surface area contributed by atoms with Gasteiger partial charge in [0.25, 0.3) is 5.91 Å². The number of carbonyl (C=O) groups excluding carboxylic acids is 1. The van der Waals surface area contributed by atoms with Gasteiger partial charge in [-0.3, -0.25) is 9.69 Å². The van der Waals surface area contributed by atoms with Gasteiger partial charge < -0.3 is 9.84 Å². The number of para-hydroxylation sites is 1. The summed E-state index contributed by atoms with van der Waals surface area (Å²) in [6, 6.07) is 12.4. The number of halogens is 1. The lowest BCUT2D eigenvalue weighted by Crippen LogP contribution is -2.27. The van der Waals surface area contributed by atoms with E-state index in [-0.39, 0.29) is 5.91 Å². The van der Waals surface area contributed by atoms with Gasteiger partial charge in [0.05, 0.1) is 10.6 Å². The van der Waals surface area contributed by atoms with Crippen LogP contribution >= 0.6 is 24.0 Å². The van der Waals surface area contributed by atoms with E-state index in [2.05, 4.69) is 0 Å². The van der Waals surface area contributed by atoms with Crippen molar-refractivity contribution in [3.8, 4) is 5.75 Å². The van der Waals surface area contributed by atoms with Crippen molar-refractivity contribution in [2.75, 3.05) is 4.90 Å². The molecule has 0 bridgehead atoms. The van der Waals surface area contributed by atoms with Crippen LogP contribution in [0.2, 0.25) is 0 Å². The molecule has 0 aromatic heterocycles. The molecule has 2 aromatic carbocycles. The van der Waals surface area contributed by atoms with Crippen LogP contribution in [0, 0.1) is 5.82 Å². The number of hydrogen-bond acceptors (Lipinski definition) is 5. The second kappa shape index (κ2) is 8.53. The fraction of sp³-hybridized carbons (Fsp3) is 0.150. The number of carboxylic acid groups (broad SMARTS) is 1. The third-order valence-corrected chi connectivity index (χ3v) is 5.30. The highest BCUT2D eigenvalue weighted by molar-refractivity contribution is 8.27. The number of thiocarbonyl (C=S) groups is 1. The summed E-state index contributed by atoms with van der Waals surface area (Å²) in [6.45, 7) is 1.72. The highest BCUT2D eigenvalue weighted by atomic mass is 32.2. The van der Waals surface area contributed by atoms with Crippen molar-refractivity contribution < 1.29 is 23.8 Å². The van der Waals surface area contributed by atoms with Crippen LogP contribution in [0.1, 0.15) is 18.9 Å². The average Bonchev–Trinajstić information content (AvgIpc) is 2.95. The zero-order valence-electron chi connectivity index (χ0n) is 14.8. The smallest absolute Gasteiger partial charge is 0.344 e. The first kappa shape index (κ1) is 20.0. The minimum atomic E-state index is -1.06. The van der Waals surface area contributed by atoms with E-state index >= 15 is 0 Å². The summed E-state index contributed by atoms with van der Waals surface area (Å²) in [4.78, 5) is 25.8. The van der Waals surface area contributed by atoms with Crippen LogP contribution in [0.15, 0.2) is 53.4 Å². The minimum absolute atomic E-state index is 0.302. The number of aliphatic carboxylic acids is 1. The zero-order chi connectivity index (χ0) is 20.3. The van der Waals surface area contributed by atoms with Gasteiger partial charge in [-0.25, -0.2) is 9.18 Å². The molecular weight excluding hydrogens is 401 g/mol. The Labute approximate surface area is 170 Å². The Morgan fingerprint density at radius 1 is 1.29 bits per heavy atom. The third kappa shape index (κ3) is 4.23. The molecule has 1 aliphatic heterocycles. The van der Waals surface area contributed by atoms with Gasteiger partial charge in [0.2, 0.25) is 0 Å². The maximum atomic E-state index is 13.2. The van der Waals surface area contributed by atoms with E-state index in [1.807, 2.05) is 0 Å². The highest BCUT2D eigenvalue weighted by Gasteiger charge is 2.33. The fourth-order valence-electron chi connectivity index (χ4n) is 2.59. The van der Waals surface area contributed by atoms with Crippen LogP contribution in [0.5, 0.6) is 5.75 Å². The molecule has 1 unspecified atom stereocenters. The molecule has 1 aliphatic rings. The first-order valence-corrected chi connectivity index (χ1v) is 9.65. The Balaban J connectivity index is 1.90. The van der Waals surface area contributed by atoms with Gasteiger partial charge in [-0.1, -0.05) is 49.1 Å². The van der Waals surface area contributed by atoms with Crippen molar-refractivity contribution in [3.63, 3.8) is 0 Å². The molecular formula is C20H16FNO4S2. The van der Waals surface area contributed by atoms with Crippen LogP contribution in [0.25, 0.3) is 6.08 Å². The topological polar surface area (TPSA) is 66.8 Å². The lowest BCUT2D eigenvalue weighted by atomic mass is 10.1. The number of anilines is 1. The second-order valence-electron chi connectivity index (χ2n) is 5.88. The minimum Gasteiger partial charge on any atom is -0.479 e.